The monoisotopic (exact) mass is 258 g/mol. The fourth-order valence-electron chi connectivity index (χ4n) is 2.96. The lowest BCUT2D eigenvalue weighted by Crippen LogP contribution is -2.27. The Kier molecular flexibility index (Phi) is 10.0. The van der Waals surface area contributed by atoms with Crippen LogP contribution in [0.1, 0.15) is 66.7 Å². The zero-order valence-corrected chi connectivity index (χ0v) is 13.1. The minimum atomic E-state index is 0.338. The van der Waals surface area contributed by atoms with Crippen molar-refractivity contribution in [2.45, 2.75) is 72.1 Å². The van der Waals surface area contributed by atoms with Crippen molar-refractivity contribution in [3.8, 4) is 0 Å². The van der Waals surface area contributed by atoms with E-state index in [0.717, 1.165) is 18.3 Å². The van der Waals surface area contributed by atoms with Crippen molar-refractivity contribution in [2.24, 2.45) is 17.8 Å². The second-order valence-corrected chi connectivity index (χ2v) is 5.77. The van der Waals surface area contributed by atoms with Crippen LogP contribution in [-0.2, 0) is 0 Å². The molecule has 0 radical (unpaired) electrons. The first-order valence-electron chi connectivity index (χ1n) is 7.37. The van der Waals surface area contributed by atoms with Gasteiger partial charge in [-0.3, -0.25) is 0 Å². The first-order valence-corrected chi connectivity index (χ1v) is 7.81. The summed E-state index contributed by atoms with van der Waals surface area (Å²) in [4.78, 5) is 0. The molecule has 0 N–H and O–H groups in total. The van der Waals surface area contributed by atoms with Gasteiger partial charge in [0.1, 0.15) is 0 Å². The molecule has 0 bridgehead atoms. The highest BCUT2D eigenvalue weighted by atomic mass is 35.5. The Balaban J connectivity index is 4.62. The molecule has 4 unspecified atom stereocenters. The molecule has 0 spiro atoms. The van der Waals surface area contributed by atoms with Crippen LogP contribution in [0.3, 0.4) is 0 Å². The number of hydrogen-bond donors (Lipinski definition) is 0. The maximum atomic E-state index is 6.45. The quantitative estimate of drug-likeness (QED) is 0.349. The Morgan fingerprint density at radius 3 is 2.18 bits per heavy atom. The summed E-state index contributed by atoms with van der Waals surface area (Å²) >= 11 is 6.45. The first kappa shape index (κ1) is 17.0. The van der Waals surface area contributed by atoms with Gasteiger partial charge in [-0.1, -0.05) is 59.1 Å². The van der Waals surface area contributed by atoms with Gasteiger partial charge in [-0.25, -0.2) is 0 Å². The molecule has 4 atom stereocenters. The molecule has 0 heterocycles. The van der Waals surface area contributed by atoms with E-state index < -0.39 is 0 Å². The van der Waals surface area contributed by atoms with Crippen molar-refractivity contribution < 1.29 is 0 Å². The minimum absolute atomic E-state index is 0.338. The molecule has 0 fully saturated rings. The third-order valence-electron chi connectivity index (χ3n) is 4.05. The standard InChI is InChI=1S/C16H31Cl/c1-6-10-12-14(11-7-2)15(8-3)13(5)16(17)9-4/h6,10,13-16H,7-9,11-12H2,1-5H3/b10-6+. The zero-order chi connectivity index (χ0) is 13.3. The average molecular weight is 259 g/mol. The smallest absolute Gasteiger partial charge is 0.0361 e. The first-order chi connectivity index (χ1) is 8.12. The molecule has 0 amide bonds. The third kappa shape index (κ3) is 5.95. The summed E-state index contributed by atoms with van der Waals surface area (Å²) in [7, 11) is 0. The van der Waals surface area contributed by atoms with Crippen LogP contribution in [0.4, 0.5) is 0 Å². The zero-order valence-electron chi connectivity index (χ0n) is 12.4. The lowest BCUT2D eigenvalue weighted by molar-refractivity contribution is 0.212. The van der Waals surface area contributed by atoms with Gasteiger partial charge in [0.25, 0.3) is 0 Å². The Labute approximate surface area is 114 Å². The molecule has 0 aliphatic carbocycles. The molecule has 0 nitrogen and oxygen atoms in total. The van der Waals surface area contributed by atoms with Crippen molar-refractivity contribution in [3.05, 3.63) is 12.2 Å². The van der Waals surface area contributed by atoms with Gasteiger partial charge in [0.05, 0.1) is 0 Å². The molecule has 0 aliphatic rings. The second-order valence-electron chi connectivity index (χ2n) is 5.21. The van der Waals surface area contributed by atoms with Gasteiger partial charge >= 0.3 is 0 Å². The van der Waals surface area contributed by atoms with Gasteiger partial charge in [0.15, 0.2) is 0 Å². The van der Waals surface area contributed by atoms with E-state index in [1.165, 1.54) is 25.7 Å². The Bertz CT molecular complexity index is 198. The van der Waals surface area contributed by atoms with Crippen LogP contribution in [0.5, 0.6) is 0 Å². The van der Waals surface area contributed by atoms with Gasteiger partial charge in [-0.2, -0.15) is 0 Å². The number of allylic oxidation sites excluding steroid dienone is 2. The van der Waals surface area contributed by atoms with Crippen LogP contribution in [0.15, 0.2) is 12.2 Å². The van der Waals surface area contributed by atoms with Crippen molar-refractivity contribution in [3.63, 3.8) is 0 Å². The summed E-state index contributed by atoms with van der Waals surface area (Å²) in [5.41, 5.74) is 0. The normalized spacial score (nSPS) is 19.2. The SMILES string of the molecule is C/C=C/CC(CCC)C(CC)C(C)C(Cl)CC. The van der Waals surface area contributed by atoms with Gasteiger partial charge in [-0.15, -0.1) is 11.6 Å². The van der Waals surface area contributed by atoms with Crippen molar-refractivity contribution >= 4 is 11.6 Å². The van der Waals surface area contributed by atoms with E-state index in [4.69, 9.17) is 11.6 Å². The lowest BCUT2D eigenvalue weighted by Gasteiger charge is -2.33. The molecule has 102 valence electrons. The fourth-order valence-corrected chi connectivity index (χ4v) is 3.15. The molecule has 0 aromatic heterocycles. The van der Waals surface area contributed by atoms with E-state index in [-0.39, 0.29) is 0 Å². The van der Waals surface area contributed by atoms with E-state index >= 15 is 0 Å². The Morgan fingerprint density at radius 2 is 1.76 bits per heavy atom. The van der Waals surface area contributed by atoms with E-state index in [1.54, 1.807) is 0 Å². The van der Waals surface area contributed by atoms with Crippen LogP contribution in [-0.4, -0.2) is 5.38 Å². The van der Waals surface area contributed by atoms with Gasteiger partial charge in [0.2, 0.25) is 0 Å². The van der Waals surface area contributed by atoms with Crippen molar-refractivity contribution in [1.29, 1.82) is 0 Å². The van der Waals surface area contributed by atoms with Crippen molar-refractivity contribution in [2.75, 3.05) is 0 Å². The number of alkyl halides is 1. The second kappa shape index (κ2) is 10.00. The molecular formula is C16H31Cl. The maximum absolute atomic E-state index is 6.45. The highest BCUT2D eigenvalue weighted by Crippen LogP contribution is 2.35. The number of hydrogen-bond acceptors (Lipinski definition) is 0. The van der Waals surface area contributed by atoms with E-state index in [1.807, 2.05) is 0 Å². The predicted molar refractivity (Wildman–Crippen MR) is 80.7 cm³/mol. The predicted octanol–water partition coefficient (Wildman–Crippen LogP) is 6.05. The van der Waals surface area contributed by atoms with E-state index in [9.17, 15) is 0 Å². The average Bonchev–Trinajstić information content (AvgIpc) is 2.35. The minimum Gasteiger partial charge on any atom is -0.123 e. The van der Waals surface area contributed by atoms with Crippen LogP contribution >= 0.6 is 11.6 Å². The summed E-state index contributed by atoms with van der Waals surface area (Å²) in [6.45, 7) is 11.3. The summed E-state index contributed by atoms with van der Waals surface area (Å²) in [6, 6.07) is 0. The molecule has 0 rings (SSSR count). The largest absolute Gasteiger partial charge is 0.123 e. The number of rotatable bonds is 9. The summed E-state index contributed by atoms with van der Waals surface area (Å²) < 4.78 is 0. The van der Waals surface area contributed by atoms with Gasteiger partial charge < -0.3 is 0 Å². The highest BCUT2D eigenvalue weighted by molar-refractivity contribution is 6.20. The van der Waals surface area contributed by atoms with E-state index in [0.29, 0.717) is 11.3 Å². The third-order valence-corrected chi connectivity index (χ3v) is 4.75. The Morgan fingerprint density at radius 1 is 1.12 bits per heavy atom. The van der Waals surface area contributed by atoms with E-state index in [2.05, 4.69) is 46.8 Å². The van der Waals surface area contributed by atoms with Crippen LogP contribution < -0.4 is 0 Å². The van der Waals surface area contributed by atoms with Crippen LogP contribution in [0.25, 0.3) is 0 Å². The van der Waals surface area contributed by atoms with Crippen LogP contribution in [0, 0.1) is 17.8 Å². The molecular weight excluding hydrogens is 228 g/mol. The topological polar surface area (TPSA) is 0 Å². The van der Waals surface area contributed by atoms with Crippen LogP contribution in [0.2, 0.25) is 0 Å². The highest BCUT2D eigenvalue weighted by Gasteiger charge is 2.27. The molecule has 1 heteroatoms. The lowest BCUT2D eigenvalue weighted by atomic mass is 9.75. The maximum Gasteiger partial charge on any atom is 0.0361 e. The summed E-state index contributed by atoms with van der Waals surface area (Å²) in [5.74, 6) is 2.21. The molecule has 0 saturated carbocycles. The molecule has 17 heavy (non-hydrogen) atoms. The Hall–Kier alpha value is 0.0300. The summed E-state index contributed by atoms with van der Waals surface area (Å²) in [6.07, 6.45) is 10.7. The number of halogens is 1. The van der Waals surface area contributed by atoms with Gasteiger partial charge in [0, 0.05) is 5.38 Å². The fraction of sp³-hybridized carbons (Fsp3) is 0.875. The molecule has 0 saturated heterocycles. The molecule has 0 aromatic carbocycles. The van der Waals surface area contributed by atoms with Crippen molar-refractivity contribution in [1.82, 2.24) is 0 Å². The molecule has 0 aliphatic heterocycles. The summed E-state index contributed by atoms with van der Waals surface area (Å²) in [5, 5.41) is 0.338. The molecule has 0 aromatic rings. The van der Waals surface area contributed by atoms with Gasteiger partial charge in [-0.05, 0) is 37.5 Å².